The van der Waals surface area contributed by atoms with Crippen molar-refractivity contribution in [2.24, 2.45) is 0 Å². The number of carbonyl (C=O) groups is 1. The molecular weight excluding hydrogens is 292 g/mol. The van der Waals surface area contributed by atoms with Crippen molar-refractivity contribution in [2.45, 2.75) is 52.1 Å². The third-order valence-corrected chi connectivity index (χ3v) is 4.05. The molecule has 0 aromatic heterocycles. The fourth-order valence-electron chi connectivity index (χ4n) is 2.74. The first-order chi connectivity index (χ1) is 11.2. The Bertz CT molecular complexity index is 519. The Kier molecular flexibility index (Phi) is 6.71. The number of carbonyl (C=O) groups excluding carboxylic acids is 1. The lowest BCUT2D eigenvalue weighted by atomic mass is 9.99. The van der Waals surface area contributed by atoms with E-state index in [1.54, 1.807) is 12.1 Å². The van der Waals surface area contributed by atoms with Crippen LogP contribution in [-0.2, 0) is 0 Å². The average Bonchev–Trinajstić information content (AvgIpc) is 2.56. The van der Waals surface area contributed by atoms with Gasteiger partial charge in [0.1, 0.15) is 0 Å². The lowest BCUT2D eigenvalue weighted by Gasteiger charge is -2.30. The molecule has 5 nitrogen and oxygen atoms in total. The van der Waals surface area contributed by atoms with Crippen LogP contribution in [0.2, 0.25) is 0 Å². The number of hydrogen-bond donors (Lipinski definition) is 2. The molecule has 2 rings (SSSR count). The molecule has 2 N–H and O–H groups in total. The van der Waals surface area contributed by atoms with Gasteiger partial charge in [-0.1, -0.05) is 6.92 Å². The fourth-order valence-corrected chi connectivity index (χ4v) is 2.74. The van der Waals surface area contributed by atoms with Gasteiger partial charge in [-0.3, -0.25) is 4.79 Å². The second-order valence-corrected chi connectivity index (χ2v) is 5.91. The zero-order valence-electron chi connectivity index (χ0n) is 14.4. The molecule has 1 heterocycles. The van der Waals surface area contributed by atoms with Gasteiger partial charge in [0.05, 0.1) is 13.2 Å². The molecule has 5 heteroatoms. The summed E-state index contributed by atoms with van der Waals surface area (Å²) in [6.07, 6.45) is 3.03. The van der Waals surface area contributed by atoms with E-state index in [1.807, 2.05) is 13.0 Å². The Morgan fingerprint density at radius 1 is 1.30 bits per heavy atom. The quantitative estimate of drug-likeness (QED) is 0.811. The molecule has 1 saturated heterocycles. The predicted octanol–water partition coefficient (Wildman–Crippen LogP) is 2.74. The van der Waals surface area contributed by atoms with Crippen molar-refractivity contribution in [2.75, 3.05) is 19.8 Å². The molecule has 0 spiro atoms. The molecule has 1 fully saturated rings. The lowest BCUT2D eigenvalue weighted by molar-refractivity contribution is 0.0919. The first-order valence-corrected chi connectivity index (χ1v) is 8.59. The van der Waals surface area contributed by atoms with Crippen LogP contribution in [0.1, 0.15) is 50.4 Å². The van der Waals surface area contributed by atoms with Crippen LogP contribution in [0.4, 0.5) is 0 Å². The summed E-state index contributed by atoms with van der Waals surface area (Å²) in [7, 11) is 0. The van der Waals surface area contributed by atoms with Crippen LogP contribution in [0, 0.1) is 0 Å². The van der Waals surface area contributed by atoms with Crippen molar-refractivity contribution in [3.8, 4) is 11.5 Å². The molecule has 0 bridgehead atoms. The summed E-state index contributed by atoms with van der Waals surface area (Å²) in [5, 5.41) is 6.51. The van der Waals surface area contributed by atoms with Crippen molar-refractivity contribution in [3.05, 3.63) is 23.8 Å². The molecule has 0 radical (unpaired) electrons. The van der Waals surface area contributed by atoms with Gasteiger partial charge >= 0.3 is 0 Å². The number of hydrogen-bond acceptors (Lipinski definition) is 4. The second-order valence-electron chi connectivity index (χ2n) is 5.91. The molecule has 0 saturated carbocycles. The first-order valence-electron chi connectivity index (χ1n) is 8.59. The molecule has 2 unspecified atom stereocenters. The summed E-state index contributed by atoms with van der Waals surface area (Å²) >= 11 is 0. The van der Waals surface area contributed by atoms with Crippen molar-refractivity contribution in [1.82, 2.24) is 10.6 Å². The summed E-state index contributed by atoms with van der Waals surface area (Å²) in [4.78, 5) is 12.5. The predicted molar refractivity (Wildman–Crippen MR) is 91.3 cm³/mol. The average molecular weight is 320 g/mol. The SMILES string of the molecule is CCCOc1ccc(C(=O)NC2CCCNC2C)cc1OCC. The first kappa shape index (κ1) is 17.6. The summed E-state index contributed by atoms with van der Waals surface area (Å²) in [6, 6.07) is 5.85. The van der Waals surface area contributed by atoms with Gasteiger partial charge in [-0.05, 0) is 57.9 Å². The highest BCUT2D eigenvalue weighted by Crippen LogP contribution is 2.28. The molecule has 1 aromatic carbocycles. The Morgan fingerprint density at radius 3 is 2.83 bits per heavy atom. The summed E-state index contributed by atoms with van der Waals surface area (Å²) in [6.45, 7) is 8.28. The molecule has 23 heavy (non-hydrogen) atoms. The van der Waals surface area contributed by atoms with E-state index in [4.69, 9.17) is 9.47 Å². The minimum Gasteiger partial charge on any atom is -0.490 e. The Morgan fingerprint density at radius 2 is 2.13 bits per heavy atom. The van der Waals surface area contributed by atoms with E-state index in [0.717, 1.165) is 25.8 Å². The summed E-state index contributed by atoms with van der Waals surface area (Å²) in [5.74, 6) is 1.26. The highest BCUT2D eigenvalue weighted by molar-refractivity contribution is 5.95. The van der Waals surface area contributed by atoms with Gasteiger partial charge in [0.15, 0.2) is 11.5 Å². The maximum absolute atomic E-state index is 12.5. The van der Waals surface area contributed by atoms with E-state index in [0.29, 0.717) is 36.3 Å². The van der Waals surface area contributed by atoms with Gasteiger partial charge in [0.25, 0.3) is 5.91 Å². The Hall–Kier alpha value is -1.75. The van der Waals surface area contributed by atoms with Gasteiger partial charge in [-0.2, -0.15) is 0 Å². The van der Waals surface area contributed by atoms with Crippen LogP contribution >= 0.6 is 0 Å². The van der Waals surface area contributed by atoms with Crippen LogP contribution in [0.5, 0.6) is 11.5 Å². The van der Waals surface area contributed by atoms with E-state index < -0.39 is 0 Å². The molecular formula is C18H28N2O3. The largest absolute Gasteiger partial charge is 0.490 e. The molecule has 128 valence electrons. The van der Waals surface area contributed by atoms with Crippen LogP contribution < -0.4 is 20.1 Å². The van der Waals surface area contributed by atoms with Crippen LogP contribution in [-0.4, -0.2) is 37.7 Å². The number of benzene rings is 1. The molecule has 1 aliphatic heterocycles. The van der Waals surface area contributed by atoms with Gasteiger partial charge in [-0.15, -0.1) is 0 Å². The Balaban J connectivity index is 2.08. The summed E-state index contributed by atoms with van der Waals surface area (Å²) in [5.41, 5.74) is 0.607. The topological polar surface area (TPSA) is 59.6 Å². The van der Waals surface area contributed by atoms with Gasteiger partial charge in [0, 0.05) is 17.6 Å². The van der Waals surface area contributed by atoms with Crippen molar-refractivity contribution < 1.29 is 14.3 Å². The van der Waals surface area contributed by atoms with Crippen LogP contribution in [0.3, 0.4) is 0 Å². The molecule has 1 aliphatic rings. The van der Waals surface area contributed by atoms with Gasteiger partial charge in [-0.25, -0.2) is 0 Å². The van der Waals surface area contributed by atoms with E-state index in [-0.39, 0.29) is 11.9 Å². The lowest BCUT2D eigenvalue weighted by Crippen LogP contribution is -2.51. The zero-order chi connectivity index (χ0) is 16.7. The molecule has 1 aromatic rings. The maximum Gasteiger partial charge on any atom is 0.251 e. The highest BCUT2D eigenvalue weighted by atomic mass is 16.5. The van der Waals surface area contributed by atoms with Gasteiger partial charge < -0.3 is 20.1 Å². The second kappa shape index (κ2) is 8.77. The van der Waals surface area contributed by atoms with E-state index in [1.165, 1.54) is 0 Å². The number of ether oxygens (including phenoxy) is 2. The van der Waals surface area contributed by atoms with Crippen molar-refractivity contribution in [3.63, 3.8) is 0 Å². The normalized spacial score (nSPS) is 20.8. The number of piperidine rings is 1. The van der Waals surface area contributed by atoms with Crippen LogP contribution in [0.25, 0.3) is 0 Å². The number of rotatable bonds is 7. The van der Waals surface area contributed by atoms with Gasteiger partial charge in [0.2, 0.25) is 0 Å². The standard InChI is InChI=1S/C18H28N2O3/c1-4-11-23-16-9-8-14(12-17(16)22-5-2)18(21)20-15-7-6-10-19-13(15)3/h8-9,12-13,15,19H,4-7,10-11H2,1-3H3,(H,20,21). The fraction of sp³-hybridized carbons (Fsp3) is 0.611. The number of amides is 1. The zero-order valence-corrected chi connectivity index (χ0v) is 14.4. The minimum absolute atomic E-state index is 0.0615. The smallest absolute Gasteiger partial charge is 0.251 e. The summed E-state index contributed by atoms with van der Waals surface area (Å²) < 4.78 is 11.3. The van der Waals surface area contributed by atoms with Crippen molar-refractivity contribution >= 4 is 5.91 Å². The van der Waals surface area contributed by atoms with E-state index >= 15 is 0 Å². The monoisotopic (exact) mass is 320 g/mol. The maximum atomic E-state index is 12.5. The van der Waals surface area contributed by atoms with E-state index in [2.05, 4.69) is 24.5 Å². The van der Waals surface area contributed by atoms with Crippen LogP contribution in [0.15, 0.2) is 18.2 Å². The number of nitrogens with one attached hydrogen (secondary N) is 2. The van der Waals surface area contributed by atoms with Crippen molar-refractivity contribution in [1.29, 1.82) is 0 Å². The van der Waals surface area contributed by atoms with E-state index in [9.17, 15) is 4.79 Å². The Labute approximate surface area is 138 Å². The minimum atomic E-state index is -0.0615. The molecule has 2 atom stereocenters. The highest BCUT2D eigenvalue weighted by Gasteiger charge is 2.23. The third kappa shape index (κ3) is 4.86. The molecule has 0 aliphatic carbocycles. The third-order valence-electron chi connectivity index (χ3n) is 4.05. The molecule has 1 amide bonds.